The van der Waals surface area contributed by atoms with Gasteiger partial charge in [0.25, 0.3) is 5.91 Å². The minimum atomic E-state index is -1.79. The van der Waals surface area contributed by atoms with Crippen LogP contribution in [-0.4, -0.2) is 33.7 Å². The number of hydrogen-bond acceptors (Lipinski definition) is 3. The lowest BCUT2D eigenvalue weighted by Gasteiger charge is -2.22. The highest BCUT2D eigenvalue weighted by Crippen LogP contribution is 2.31. The first-order valence-electron chi connectivity index (χ1n) is 9.39. The Hall–Kier alpha value is -3.03. The third-order valence-corrected chi connectivity index (χ3v) is 5.37. The SMILES string of the molecule is CCCn1c(C)cc(C(=O)CN2C(=O)N[C@@](C)(c3cc(F)ccc3F)C2=O)c1C. The highest BCUT2D eigenvalue weighted by atomic mass is 19.1. The topological polar surface area (TPSA) is 71.4 Å². The van der Waals surface area contributed by atoms with Gasteiger partial charge in [-0.05, 0) is 51.5 Å². The van der Waals surface area contributed by atoms with Crippen molar-refractivity contribution < 1.29 is 23.2 Å². The number of carbonyl (C=O) groups is 3. The first-order valence-corrected chi connectivity index (χ1v) is 9.39. The predicted molar refractivity (Wildman–Crippen MR) is 102 cm³/mol. The molecule has 8 heteroatoms. The van der Waals surface area contributed by atoms with Crippen LogP contribution in [0.3, 0.4) is 0 Å². The summed E-state index contributed by atoms with van der Waals surface area (Å²) in [5, 5.41) is 2.40. The summed E-state index contributed by atoms with van der Waals surface area (Å²) in [4.78, 5) is 38.9. The lowest BCUT2D eigenvalue weighted by atomic mass is 9.91. The highest BCUT2D eigenvalue weighted by molar-refractivity contribution is 6.11. The van der Waals surface area contributed by atoms with Crippen LogP contribution >= 0.6 is 0 Å². The quantitative estimate of drug-likeness (QED) is 0.593. The lowest BCUT2D eigenvalue weighted by molar-refractivity contribution is -0.130. The molecule has 1 atom stereocenters. The predicted octanol–water partition coefficient (Wildman–Crippen LogP) is 3.44. The fourth-order valence-electron chi connectivity index (χ4n) is 3.78. The number of hydrogen-bond donors (Lipinski definition) is 1. The van der Waals surface area contributed by atoms with Crippen LogP contribution in [-0.2, 0) is 16.9 Å². The third kappa shape index (κ3) is 3.43. The van der Waals surface area contributed by atoms with Gasteiger partial charge < -0.3 is 9.88 Å². The molecule has 0 spiro atoms. The summed E-state index contributed by atoms with van der Waals surface area (Å²) >= 11 is 0. The van der Waals surface area contributed by atoms with Crippen LogP contribution < -0.4 is 5.32 Å². The van der Waals surface area contributed by atoms with Crippen LogP contribution in [0.4, 0.5) is 13.6 Å². The number of rotatable bonds is 6. The molecule has 154 valence electrons. The zero-order valence-electron chi connectivity index (χ0n) is 16.8. The van der Waals surface area contributed by atoms with Gasteiger partial charge in [-0.2, -0.15) is 0 Å². The molecule has 0 radical (unpaired) electrons. The molecule has 2 aromatic rings. The van der Waals surface area contributed by atoms with Crippen molar-refractivity contribution in [3.05, 3.63) is 58.4 Å². The normalized spacial score (nSPS) is 19.0. The molecule has 0 unspecified atom stereocenters. The Morgan fingerprint density at radius 3 is 2.52 bits per heavy atom. The molecule has 29 heavy (non-hydrogen) atoms. The van der Waals surface area contributed by atoms with Gasteiger partial charge in [-0.25, -0.2) is 13.6 Å². The van der Waals surface area contributed by atoms with Crippen molar-refractivity contribution in [2.24, 2.45) is 0 Å². The molecule has 0 aliphatic carbocycles. The fraction of sp³-hybridized carbons (Fsp3) is 0.381. The number of aryl methyl sites for hydroxylation is 1. The Labute approximate surface area is 167 Å². The number of urea groups is 1. The van der Waals surface area contributed by atoms with Gasteiger partial charge >= 0.3 is 6.03 Å². The average Bonchev–Trinajstić information content (AvgIpc) is 3.06. The summed E-state index contributed by atoms with van der Waals surface area (Å²) in [5.41, 5.74) is 0.0359. The van der Waals surface area contributed by atoms with E-state index in [1.165, 1.54) is 6.92 Å². The number of benzene rings is 1. The van der Waals surface area contributed by atoms with E-state index in [0.29, 0.717) is 5.56 Å². The average molecular weight is 403 g/mol. The van der Waals surface area contributed by atoms with Crippen molar-refractivity contribution >= 4 is 17.7 Å². The Morgan fingerprint density at radius 1 is 1.17 bits per heavy atom. The van der Waals surface area contributed by atoms with Crippen LogP contribution in [0.1, 0.15) is 47.6 Å². The molecule has 1 aliphatic heterocycles. The van der Waals surface area contributed by atoms with E-state index < -0.39 is 41.4 Å². The van der Waals surface area contributed by atoms with Gasteiger partial charge in [0.2, 0.25) is 0 Å². The Balaban J connectivity index is 1.89. The zero-order chi connectivity index (χ0) is 21.5. The second kappa shape index (κ2) is 7.42. The van der Waals surface area contributed by atoms with E-state index in [-0.39, 0.29) is 5.56 Å². The van der Waals surface area contributed by atoms with Crippen LogP contribution in [0, 0.1) is 25.5 Å². The van der Waals surface area contributed by atoms with E-state index >= 15 is 0 Å². The largest absolute Gasteiger partial charge is 0.348 e. The van der Waals surface area contributed by atoms with E-state index in [0.717, 1.165) is 47.5 Å². The van der Waals surface area contributed by atoms with Crippen molar-refractivity contribution in [3.63, 3.8) is 0 Å². The second-order valence-electron chi connectivity index (χ2n) is 7.43. The molecule has 3 rings (SSSR count). The minimum absolute atomic E-state index is 0.285. The van der Waals surface area contributed by atoms with Gasteiger partial charge in [0.15, 0.2) is 5.78 Å². The van der Waals surface area contributed by atoms with Gasteiger partial charge in [-0.15, -0.1) is 0 Å². The number of Topliss-reactive ketones (excluding diaryl/α,β-unsaturated/α-hetero) is 1. The molecule has 1 aromatic carbocycles. The summed E-state index contributed by atoms with van der Waals surface area (Å²) in [6, 6.07) is 3.61. The first kappa shape index (κ1) is 20.7. The summed E-state index contributed by atoms with van der Waals surface area (Å²) in [5.74, 6) is -2.75. The van der Waals surface area contributed by atoms with Crippen LogP contribution in [0.2, 0.25) is 0 Å². The summed E-state index contributed by atoms with van der Waals surface area (Å²) < 4.78 is 29.9. The van der Waals surface area contributed by atoms with E-state index in [2.05, 4.69) is 5.32 Å². The van der Waals surface area contributed by atoms with E-state index in [4.69, 9.17) is 0 Å². The number of carbonyl (C=O) groups excluding carboxylic acids is 3. The molecule has 3 amide bonds. The van der Waals surface area contributed by atoms with Crippen LogP contribution in [0.25, 0.3) is 0 Å². The molecule has 1 N–H and O–H groups in total. The summed E-state index contributed by atoms with van der Waals surface area (Å²) in [6.07, 6.45) is 0.897. The fourth-order valence-corrected chi connectivity index (χ4v) is 3.78. The molecule has 2 heterocycles. The molecule has 0 saturated carbocycles. The molecule has 1 saturated heterocycles. The van der Waals surface area contributed by atoms with Crippen molar-refractivity contribution in [2.45, 2.75) is 46.2 Å². The van der Waals surface area contributed by atoms with E-state index in [1.807, 2.05) is 25.3 Å². The lowest BCUT2D eigenvalue weighted by Crippen LogP contribution is -2.42. The maximum Gasteiger partial charge on any atom is 0.325 e. The van der Waals surface area contributed by atoms with Crippen molar-refractivity contribution in [3.8, 4) is 0 Å². The monoisotopic (exact) mass is 403 g/mol. The molecule has 1 aromatic heterocycles. The summed E-state index contributed by atoms with van der Waals surface area (Å²) in [7, 11) is 0. The number of halogens is 2. The number of amides is 3. The zero-order valence-corrected chi connectivity index (χ0v) is 16.8. The maximum atomic E-state index is 14.2. The smallest absolute Gasteiger partial charge is 0.325 e. The third-order valence-electron chi connectivity index (χ3n) is 5.37. The van der Waals surface area contributed by atoms with Gasteiger partial charge in [0, 0.05) is 29.1 Å². The molecule has 1 fully saturated rings. The van der Waals surface area contributed by atoms with Gasteiger partial charge in [-0.3, -0.25) is 14.5 Å². The Morgan fingerprint density at radius 2 is 1.86 bits per heavy atom. The van der Waals surface area contributed by atoms with Crippen LogP contribution in [0.15, 0.2) is 24.3 Å². The molecular weight excluding hydrogens is 380 g/mol. The van der Waals surface area contributed by atoms with Crippen molar-refractivity contribution in [2.75, 3.05) is 6.54 Å². The Kier molecular flexibility index (Phi) is 5.30. The Bertz CT molecular complexity index is 1010. The number of imide groups is 1. The van der Waals surface area contributed by atoms with Gasteiger partial charge in [0.1, 0.15) is 17.2 Å². The van der Waals surface area contributed by atoms with E-state index in [1.54, 1.807) is 6.07 Å². The number of nitrogens with one attached hydrogen (secondary N) is 1. The number of ketones is 1. The van der Waals surface area contributed by atoms with Crippen molar-refractivity contribution in [1.29, 1.82) is 0 Å². The first-order chi connectivity index (χ1) is 13.6. The minimum Gasteiger partial charge on any atom is -0.348 e. The van der Waals surface area contributed by atoms with Crippen LogP contribution in [0.5, 0.6) is 0 Å². The number of aromatic nitrogens is 1. The molecular formula is C21H23F2N3O3. The molecule has 6 nitrogen and oxygen atoms in total. The highest BCUT2D eigenvalue weighted by Gasteiger charge is 2.51. The number of nitrogens with zero attached hydrogens (tertiary/aromatic N) is 2. The standard InChI is InChI=1S/C21H23F2N3O3/c1-5-8-25-12(2)9-15(13(25)3)18(27)11-26-19(28)21(4,24-20(26)29)16-10-14(22)6-7-17(16)23/h6-7,9-10H,5,8,11H2,1-4H3,(H,24,29)/t21-/m0/s1. The molecule has 0 bridgehead atoms. The summed E-state index contributed by atoms with van der Waals surface area (Å²) in [6.45, 7) is 7.30. The van der Waals surface area contributed by atoms with Gasteiger partial charge in [0.05, 0.1) is 6.54 Å². The van der Waals surface area contributed by atoms with E-state index in [9.17, 15) is 23.2 Å². The molecule has 1 aliphatic rings. The van der Waals surface area contributed by atoms with Crippen molar-refractivity contribution in [1.82, 2.24) is 14.8 Å². The van der Waals surface area contributed by atoms with Gasteiger partial charge in [-0.1, -0.05) is 6.92 Å². The maximum absolute atomic E-state index is 14.2. The second-order valence-corrected chi connectivity index (χ2v) is 7.43.